The Bertz CT molecular complexity index is 1500. The van der Waals surface area contributed by atoms with E-state index < -0.39 is 17.5 Å². The first-order valence-corrected chi connectivity index (χ1v) is 10.7. The Morgan fingerprint density at radius 3 is 2.56 bits per heavy atom. The lowest BCUT2D eigenvalue weighted by molar-refractivity contribution is -0.274. The van der Waals surface area contributed by atoms with Crippen LogP contribution >= 0.6 is 0 Å². The minimum atomic E-state index is -4.85. The summed E-state index contributed by atoms with van der Waals surface area (Å²) in [5, 5.41) is 8.71. The average molecular weight is 494 g/mol. The van der Waals surface area contributed by atoms with E-state index in [4.69, 9.17) is 5.73 Å². The molecule has 0 amide bonds. The van der Waals surface area contributed by atoms with Crippen molar-refractivity contribution in [1.82, 2.24) is 19.6 Å². The van der Waals surface area contributed by atoms with Gasteiger partial charge >= 0.3 is 6.36 Å². The normalized spacial score (nSPS) is 12.6. The first-order chi connectivity index (χ1) is 17.1. The highest BCUT2D eigenvalue weighted by molar-refractivity contribution is 6.12. The number of allylic oxidation sites excluding steroid dienone is 1. The highest BCUT2D eigenvalue weighted by Crippen LogP contribution is 2.27. The molecule has 2 heterocycles. The summed E-state index contributed by atoms with van der Waals surface area (Å²) in [5.41, 5.74) is 8.34. The molecule has 36 heavy (non-hydrogen) atoms. The molecule has 0 bridgehead atoms. The van der Waals surface area contributed by atoms with Gasteiger partial charge < -0.3 is 10.5 Å². The van der Waals surface area contributed by atoms with Crippen LogP contribution in [0.2, 0.25) is 0 Å². The van der Waals surface area contributed by atoms with E-state index in [1.54, 1.807) is 17.8 Å². The summed E-state index contributed by atoms with van der Waals surface area (Å²) in [6, 6.07) is 13.9. The second-order valence-corrected chi connectivity index (χ2v) is 7.75. The third kappa shape index (κ3) is 5.52. The number of hydrogen-bond donors (Lipinski definition) is 1. The van der Waals surface area contributed by atoms with Gasteiger partial charge in [0.05, 0.1) is 22.8 Å². The molecule has 0 aliphatic heterocycles. The number of rotatable bonds is 6. The molecular weight excluding hydrogens is 473 g/mol. The van der Waals surface area contributed by atoms with Gasteiger partial charge in [0.2, 0.25) is 5.43 Å². The summed E-state index contributed by atoms with van der Waals surface area (Å²) >= 11 is 0. The molecule has 2 N–H and O–H groups in total. The van der Waals surface area contributed by atoms with Gasteiger partial charge in [-0.15, -0.1) is 13.2 Å². The SMILES string of the molecule is CC(=CN)C(=Nc1cccc(OC(F)(F)F)c1)c1nn(-c2ccc(-n3cccn3)cc2C)ccc1=O. The fourth-order valence-corrected chi connectivity index (χ4v) is 3.45. The van der Waals surface area contributed by atoms with Gasteiger partial charge in [0, 0.05) is 30.7 Å². The lowest BCUT2D eigenvalue weighted by Gasteiger charge is -2.13. The van der Waals surface area contributed by atoms with Crippen LogP contribution in [0.4, 0.5) is 18.9 Å². The predicted octanol–water partition coefficient (Wildman–Crippen LogP) is 4.61. The maximum Gasteiger partial charge on any atom is 0.573 e. The second-order valence-electron chi connectivity index (χ2n) is 7.75. The molecule has 0 aliphatic rings. The van der Waals surface area contributed by atoms with E-state index in [0.717, 1.165) is 23.4 Å². The van der Waals surface area contributed by atoms with Crippen LogP contribution in [0.25, 0.3) is 11.4 Å². The predicted molar refractivity (Wildman–Crippen MR) is 129 cm³/mol. The van der Waals surface area contributed by atoms with E-state index in [1.807, 2.05) is 37.4 Å². The van der Waals surface area contributed by atoms with E-state index in [-0.39, 0.29) is 17.1 Å². The molecule has 2 aromatic carbocycles. The first kappa shape index (κ1) is 24.5. The number of aromatic nitrogens is 4. The number of nitrogens with zero attached hydrogens (tertiary/aromatic N) is 5. The number of nitrogens with two attached hydrogens (primary N) is 1. The zero-order chi connectivity index (χ0) is 25.9. The molecular formula is C25H21F3N6O2. The number of aliphatic imine (C=N–C) groups is 1. The van der Waals surface area contributed by atoms with Crippen LogP contribution in [0.3, 0.4) is 0 Å². The Labute approximate surface area is 203 Å². The summed E-state index contributed by atoms with van der Waals surface area (Å²) in [6.07, 6.45) is 1.43. The average Bonchev–Trinajstić information content (AvgIpc) is 3.37. The van der Waals surface area contributed by atoms with E-state index in [2.05, 4.69) is 19.9 Å². The van der Waals surface area contributed by atoms with E-state index in [9.17, 15) is 18.0 Å². The monoisotopic (exact) mass is 494 g/mol. The van der Waals surface area contributed by atoms with Gasteiger partial charge in [0.1, 0.15) is 5.75 Å². The molecule has 0 spiro atoms. The summed E-state index contributed by atoms with van der Waals surface area (Å²) in [7, 11) is 0. The fraction of sp³-hybridized carbons (Fsp3) is 0.120. The maximum absolute atomic E-state index is 12.8. The summed E-state index contributed by atoms with van der Waals surface area (Å²) in [5.74, 6) is -0.441. The summed E-state index contributed by atoms with van der Waals surface area (Å²) in [4.78, 5) is 17.2. The fourth-order valence-electron chi connectivity index (χ4n) is 3.45. The van der Waals surface area contributed by atoms with E-state index in [0.29, 0.717) is 11.3 Å². The van der Waals surface area contributed by atoms with Crippen molar-refractivity contribution < 1.29 is 17.9 Å². The molecule has 0 saturated carbocycles. The van der Waals surface area contributed by atoms with Gasteiger partial charge in [0.15, 0.2) is 5.69 Å². The molecule has 0 atom stereocenters. The first-order valence-electron chi connectivity index (χ1n) is 10.7. The van der Waals surface area contributed by atoms with Crippen molar-refractivity contribution in [2.45, 2.75) is 20.2 Å². The van der Waals surface area contributed by atoms with Crippen molar-refractivity contribution >= 4 is 11.4 Å². The summed E-state index contributed by atoms with van der Waals surface area (Å²) in [6.45, 7) is 3.52. The highest BCUT2D eigenvalue weighted by Gasteiger charge is 2.31. The van der Waals surface area contributed by atoms with Crippen LogP contribution in [0.1, 0.15) is 18.2 Å². The van der Waals surface area contributed by atoms with Gasteiger partial charge in [-0.05, 0) is 67.6 Å². The largest absolute Gasteiger partial charge is 0.573 e. The third-order valence-electron chi connectivity index (χ3n) is 5.14. The molecule has 4 rings (SSSR count). The Morgan fingerprint density at radius 1 is 1.08 bits per heavy atom. The molecule has 11 heteroatoms. The molecule has 0 unspecified atom stereocenters. The summed E-state index contributed by atoms with van der Waals surface area (Å²) < 4.78 is 45.1. The Kier molecular flexibility index (Phi) is 6.73. The number of halogens is 3. The van der Waals surface area contributed by atoms with Crippen molar-refractivity contribution in [2.75, 3.05) is 0 Å². The molecule has 4 aromatic rings. The molecule has 0 aliphatic carbocycles. The van der Waals surface area contributed by atoms with Crippen molar-refractivity contribution in [3.63, 3.8) is 0 Å². The Hall–Kier alpha value is -4.67. The van der Waals surface area contributed by atoms with Crippen molar-refractivity contribution in [2.24, 2.45) is 10.7 Å². The highest BCUT2D eigenvalue weighted by atomic mass is 19.4. The zero-order valence-electron chi connectivity index (χ0n) is 19.3. The van der Waals surface area contributed by atoms with Crippen molar-refractivity contribution in [3.8, 4) is 17.1 Å². The van der Waals surface area contributed by atoms with Crippen LogP contribution < -0.4 is 15.9 Å². The molecule has 2 aromatic heterocycles. The van der Waals surface area contributed by atoms with E-state index in [1.165, 1.54) is 35.3 Å². The van der Waals surface area contributed by atoms with Crippen molar-refractivity contribution in [3.05, 3.63) is 106 Å². The number of aryl methyl sites for hydroxylation is 1. The molecule has 0 fully saturated rings. The van der Waals surface area contributed by atoms with Crippen LogP contribution in [0.15, 0.2) is 94.7 Å². The van der Waals surface area contributed by atoms with Gasteiger partial charge in [-0.25, -0.2) is 14.4 Å². The minimum absolute atomic E-state index is 0.0191. The second kappa shape index (κ2) is 9.90. The molecule has 0 saturated heterocycles. The zero-order valence-corrected chi connectivity index (χ0v) is 19.3. The minimum Gasteiger partial charge on any atom is -0.406 e. The third-order valence-corrected chi connectivity index (χ3v) is 5.14. The van der Waals surface area contributed by atoms with Crippen LogP contribution in [-0.4, -0.2) is 31.6 Å². The van der Waals surface area contributed by atoms with Crippen molar-refractivity contribution in [1.29, 1.82) is 0 Å². The Balaban J connectivity index is 1.78. The quantitative estimate of drug-likeness (QED) is 0.395. The lowest BCUT2D eigenvalue weighted by Crippen LogP contribution is -2.22. The van der Waals surface area contributed by atoms with Crippen LogP contribution in [0, 0.1) is 6.92 Å². The van der Waals surface area contributed by atoms with Gasteiger partial charge in [-0.2, -0.15) is 10.2 Å². The van der Waals surface area contributed by atoms with E-state index >= 15 is 0 Å². The molecule has 8 nitrogen and oxygen atoms in total. The lowest BCUT2D eigenvalue weighted by atomic mass is 10.1. The Morgan fingerprint density at radius 2 is 1.89 bits per heavy atom. The standard InChI is InChI=1S/C25H21F3N6O2/c1-16-13-19(33-11-4-10-30-33)7-8-21(16)34-12-9-22(35)24(32-34)23(17(2)15-29)31-18-5-3-6-20(14-18)36-25(26,27)28/h3-15H,29H2,1-2H3. The topological polar surface area (TPSA) is 100 Å². The maximum atomic E-state index is 12.8. The van der Waals surface area contributed by atoms with Crippen LogP contribution in [0.5, 0.6) is 5.75 Å². The number of benzene rings is 2. The molecule has 0 radical (unpaired) electrons. The van der Waals surface area contributed by atoms with Gasteiger partial charge in [0.25, 0.3) is 0 Å². The number of alkyl halides is 3. The van der Waals surface area contributed by atoms with Crippen LogP contribution in [-0.2, 0) is 0 Å². The number of ether oxygens (including phenoxy) is 1. The smallest absolute Gasteiger partial charge is 0.406 e. The number of hydrogen-bond acceptors (Lipinski definition) is 6. The molecule has 184 valence electrons. The van der Waals surface area contributed by atoms with Gasteiger partial charge in [-0.1, -0.05) is 6.07 Å². The van der Waals surface area contributed by atoms with Gasteiger partial charge in [-0.3, -0.25) is 4.79 Å².